The number of hydrogen-bond donors (Lipinski definition) is 1. The third kappa shape index (κ3) is 3.63. The van der Waals surface area contributed by atoms with Crippen molar-refractivity contribution in [1.29, 1.82) is 0 Å². The van der Waals surface area contributed by atoms with Crippen molar-refractivity contribution < 1.29 is 23.1 Å². The van der Waals surface area contributed by atoms with E-state index in [9.17, 15) is 18.4 Å². The van der Waals surface area contributed by atoms with E-state index < -0.39 is 12.5 Å². The first-order valence-electron chi connectivity index (χ1n) is 11.2. The number of rotatable bonds is 5. The third-order valence-electron chi connectivity index (χ3n) is 6.30. The van der Waals surface area contributed by atoms with E-state index in [4.69, 9.17) is 0 Å². The van der Waals surface area contributed by atoms with Gasteiger partial charge in [0.05, 0.1) is 17.6 Å². The van der Waals surface area contributed by atoms with Crippen LogP contribution in [0.5, 0.6) is 5.75 Å². The minimum absolute atomic E-state index is 0.0202. The molecule has 34 heavy (non-hydrogen) atoms. The van der Waals surface area contributed by atoms with Crippen molar-refractivity contribution in [3.05, 3.63) is 71.1 Å². The van der Waals surface area contributed by atoms with Crippen LogP contribution in [0, 0.1) is 5.92 Å². The largest absolute Gasteiger partial charge is 0.435 e. The number of halogens is 2. The van der Waals surface area contributed by atoms with Crippen molar-refractivity contribution in [3.8, 4) is 5.75 Å². The fourth-order valence-electron chi connectivity index (χ4n) is 5.04. The number of amides is 2. The first-order valence-corrected chi connectivity index (χ1v) is 11.2. The summed E-state index contributed by atoms with van der Waals surface area (Å²) in [6.07, 6.45) is 2.04. The van der Waals surface area contributed by atoms with Crippen LogP contribution in [0.2, 0.25) is 0 Å². The summed E-state index contributed by atoms with van der Waals surface area (Å²) < 4.78 is 32.7. The van der Waals surface area contributed by atoms with Crippen molar-refractivity contribution in [2.24, 2.45) is 5.92 Å². The summed E-state index contributed by atoms with van der Waals surface area (Å²) in [4.78, 5) is 26.9. The zero-order valence-corrected chi connectivity index (χ0v) is 19.1. The Kier molecular flexibility index (Phi) is 5.38. The summed E-state index contributed by atoms with van der Waals surface area (Å²) in [6.45, 7) is 3.59. The number of nitrogens with one attached hydrogen (secondary N) is 1. The Morgan fingerprint density at radius 1 is 1.21 bits per heavy atom. The molecule has 0 saturated carbocycles. The Morgan fingerprint density at radius 2 is 1.97 bits per heavy atom. The molecule has 0 aliphatic carbocycles. The van der Waals surface area contributed by atoms with Gasteiger partial charge in [-0.1, -0.05) is 32.0 Å². The van der Waals surface area contributed by atoms with Crippen molar-refractivity contribution >= 4 is 28.4 Å². The molecule has 1 atom stereocenters. The van der Waals surface area contributed by atoms with Crippen LogP contribution >= 0.6 is 0 Å². The molecular formula is C26H25F2N3O3. The summed E-state index contributed by atoms with van der Waals surface area (Å²) in [6, 6.07) is 12.4. The number of alkyl halides is 2. The van der Waals surface area contributed by atoms with E-state index in [0.717, 1.165) is 28.7 Å². The lowest BCUT2D eigenvalue weighted by Crippen LogP contribution is -2.33. The molecule has 0 saturated heterocycles. The number of carbonyl (C=O) groups excluding carboxylic acids is 2. The number of nitrogens with zero attached hydrogens (tertiary/aromatic N) is 2. The molecule has 1 aromatic heterocycles. The van der Waals surface area contributed by atoms with Crippen molar-refractivity contribution in [1.82, 2.24) is 9.47 Å². The molecule has 0 radical (unpaired) electrons. The van der Waals surface area contributed by atoms with Crippen LogP contribution < -0.4 is 10.1 Å². The highest BCUT2D eigenvalue weighted by atomic mass is 19.3. The molecule has 176 valence electrons. The van der Waals surface area contributed by atoms with Crippen LogP contribution in [-0.2, 0) is 16.1 Å². The van der Waals surface area contributed by atoms with Crippen LogP contribution in [0.3, 0.4) is 0 Å². The topological polar surface area (TPSA) is 63.6 Å². The fourth-order valence-corrected chi connectivity index (χ4v) is 5.04. The van der Waals surface area contributed by atoms with Gasteiger partial charge in [0.2, 0.25) is 5.91 Å². The lowest BCUT2D eigenvalue weighted by atomic mass is 9.84. The molecule has 3 heterocycles. The summed E-state index contributed by atoms with van der Waals surface area (Å²) >= 11 is 0. The molecule has 2 aromatic carbocycles. The zero-order valence-electron chi connectivity index (χ0n) is 19.1. The molecule has 6 nitrogen and oxygen atoms in total. The maximum atomic E-state index is 13.5. The molecular weight excluding hydrogens is 440 g/mol. The average Bonchev–Trinajstić information content (AvgIpc) is 3.23. The maximum Gasteiger partial charge on any atom is 0.387 e. The summed E-state index contributed by atoms with van der Waals surface area (Å²) in [7, 11) is 0. The molecule has 3 aromatic rings. The number of carbonyl (C=O) groups is 2. The summed E-state index contributed by atoms with van der Waals surface area (Å²) in [5, 5.41) is 4.39. The van der Waals surface area contributed by atoms with Crippen molar-refractivity contribution in [2.75, 3.05) is 11.9 Å². The van der Waals surface area contributed by atoms with Gasteiger partial charge in [-0.05, 0) is 41.3 Å². The fraction of sp³-hybridized carbons (Fsp3) is 0.308. The number of anilines is 1. The molecule has 0 unspecified atom stereocenters. The van der Waals surface area contributed by atoms with Crippen LogP contribution in [0.1, 0.15) is 37.8 Å². The number of hydrogen-bond acceptors (Lipinski definition) is 4. The van der Waals surface area contributed by atoms with Crippen LogP contribution in [0.15, 0.2) is 59.9 Å². The van der Waals surface area contributed by atoms with Crippen LogP contribution in [-0.4, -0.2) is 34.4 Å². The molecule has 8 heteroatoms. The number of ether oxygens (including phenoxy) is 1. The number of benzene rings is 2. The number of imide groups is 1. The van der Waals surface area contributed by atoms with E-state index in [0.29, 0.717) is 22.8 Å². The van der Waals surface area contributed by atoms with Gasteiger partial charge in [0.25, 0.3) is 5.91 Å². The Bertz CT molecular complexity index is 1340. The number of aromatic nitrogens is 1. The molecule has 2 aliphatic rings. The van der Waals surface area contributed by atoms with E-state index in [1.165, 1.54) is 17.9 Å². The molecule has 2 amide bonds. The van der Waals surface area contributed by atoms with E-state index in [1.54, 1.807) is 18.2 Å². The van der Waals surface area contributed by atoms with Gasteiger partial charge in [0.1, 0.15) is 5.75 Å². The summed E-state index contributed by atoms with van der Waals surface area (Å²) in [5.74, 6) is -0.866. The quantitative estimate of drug-likeness (QED) is 0.570. The predicted octanol–water partition coefficient (Wildman–Crippen LogP) is 5.10. The molecule has 0 spiro atoms. The molecule has 0 bridgehead atoms. The molecule has 0 fully saturated rings. The van der Waals surface area contributed by atoms with E-state index in [1.807, 2.05) is 24.4 Å². The van der Waals surface area contributed by atoms with Gasteiger partial charge in [-0.15, -0.1) is 0 Å². The van der Waals surface area contributed by atoms with Gasteiger partial charge in [-0.25, -0.2) is 0 Å². The lowest BCUT2D eigenvalue weighted by molar-refractivity contribution is -0.139. The maximum absolute atomic E-state index is 13.5. The van der Waals surface area contributed by atoms with Gasteiger partial charge in [-0.2, -0.15) is 8.78 Å². The van der Waals surface area contributed by atoms with Crippen LogP contribution in [0.25, 0.3) is 10.9 Å². The second-order valence-electron chi connectivity index (χ2n) is 9.14. The van der Waals surface area contributed by atoms with Gasteiger partial charge in [0.15, 0.2) is 0 Å². The van der Waals surface area contributed by atoms with E-state index in [-0.39, 0.29) is 24.1 Å². The SMILES string of the molecule is CC(=O)N1CC2=C(C1=O)[C@H](c1cccc(OC(F)F)c1)c1cn(CC(C)C)c3cccc(c13)N2. The van der Waals surface area contributed by atoms with Gasteiger partial charge >= 0.3 is 6.61 Å². The van der Waals surface area contributed by atoms with E-state index in [2.05, 4.69) is 28.5 Å². The van der Waals surface area contributed by atoms with Gasteiger partial charge in [0, 0.05) is 42.4 Å². The van der Waals surface area contributed by atoms with Crippen molar-refractivity contribution in [2.45, 2.75) is 39.8 Å². The normalized spacial score (nSPS) is 17.4. The second-order valence-corrected chi connectivity index (χ2v) is 9.14. The van der Waals surface area contributed by atoms with Gasteiger partial charge < -0.3 is 14.6 Å². The Morgan fingerprint density at radius 3 is 2.68 bits per heavy atom. The van der Waals surface area contributed by atoms with Crippen LogP contribution in [0.4, 0.5) is 14.5 Å². The Hall–Kier alpha value is -3.68. The second kappa shape index (κ2) is 8.27. The first kappa shape index (κ1) is 22.1. The standard InChI is InChI=1S/C26H25F2N3O3/c1-14(2)11-30-12-18-22(16-6-4-7-17(10-16)34-26(27)28)24-20(13-31(15(3)32)25(24)33)29-19-8-5-9-21(30)23(18)19/h4-10,12,14,22,26,29H,11,13H2,1-3H3/t22-/m1/s1. The monoisotopic (exact) mass is 465 g/mol. The Balaban J connectivity index is 1.76. The average molecular weight is 466 g/mol. The minimum Gasteiger partial charge on any atom is -0.435 e. The minimum atomic E-state index is -2.96. The van der Waals surface area contributed by atoms with Crippen molar-refractivity contribution in [3.63, 3.8) is 0 Å². The highest BCUT2D eigenvalue weighted by Gasteiger charge is 2.41. The third-order valence-corrected chi connectivity index (χ3v) is 6.30. The molecule has 2 aliphatic heterocycles. The lowest BCUT2D eigenvalue weighted by Gasteiger charge is -2.20. The summed E-state index contributed by atoms with van der Waals surface area (Å²) in [5.41, 5.74) is 4.50. The predicted molar refractivity (Wildman–Crippen MR) is 125 cm³/mol. The highest BCUT2D eigenvalue weighted by molar-refractivity contribution is 6.11. The van der Waals surface area contributed by atoms with Gasteiger partial charge in [-0.3, -0.25) is 14.5 Å². The van der Waals surface area contributed by atoms with E-state index >= 15 is 0 Å². The molecule has 1 N–H and O–H groups in total. The zero-order chi connectivity index (χ0) is 24.1. The molecule has 5 rings (SSSR count). The smallest absolute Gasteiger partial charge is 0.387 e. The Labute approximate surface area is 195 Å². The highest BCUT2D eigenvalue weighted by Crippen LogP contribution is 2.47. The first-order chi connectivity index (χ1) is 16.2.